The molecular weight excluding hydrogens is 256 g/mol. The van der Waals surface area contributed by atoms with Gasteiger partial charge < -0.3 is 19.7 Å². The van der Waals surface area contributed by atoms with E-state index in [1.54, 1.807) is 7.11 Å². The van der Waals surface area contributed by atoms with Gasteiger partial charge in [0.1, 0.15) is 0 Å². The number of urea groups is 1. The van der Waals surface area contributed by atoms with Crippen LogP contribution in [-0.4, -0.2) is 56.5 Å². The van der Waals surface area contributed by atoms with Gasteiger partial charge in [-0.3, -0.25) is 0 Å². The van der Waals surface area contributed by atoms with Crippen LogP contribution in [0, 0.1) is 5.92 Å². The van der Waals surface area contributed by atoms with Gasteiger partial charge in [0.15, 0.2) is 0 Å². The van der Waals surface area contributed by atoms with Gasteiger partial charge >= 0.3 is 6.03 Å². The van der Waals surface area contributed by atoms with Gasteiger partial charge in [-0.15, -0.1) is 0 Å². The van der Waals surface area contributed by atoms with E-state index < -0.39 is 0 Å². The molecule has 3 atom stereocenters. The van der Waals surface area contributed by atoms with E-state index in [4.69, 9.17) is 9.47 Å². The van der Waals surface area contributed by atoms with Crippen LogP contribution in [0.4, 0.5) is 4.79 Å². The highest BCUT2D eigenvalue weighted by Gasteiger charge is 2.27. The summed E-state index contributed by atoms with van der Waals surface area (Å²) in [6, 6.07) is 0.418. The lowest BCUT2D eigenvalue weighted by molar-refractivity contribution is -0.0497. The number of rotatable bonds is 4. The number of carbonyl (C=O) groups excluding carboxylic acids is 1. The van der Waals surface area contributed by atoms with Gasteiger partial charge in [0.05, 0.1) is 25.9 Å². The zero-order chi connectivity index (χ0) is 14.4. The third-order valence-corrected chi connectivity index (χ3v) is 4.47. The highest BCUT2D eigenvalue weighted by atomic mass is 16.5. The second-order valence-electron chi connectivity index (χ2n) is 5.98. The first-order valence-corrected chi connectivity index (χ1v) is 7.89. The van der Waals surface area contributed by atoms with Crippen molar-refractivity contribution in [2.45, 2.75) is 51.2 Å². The molecule has 0 aromatic rings. The van der Waals surface area contributed by atoms with Crippen molar-refractivity contribution in [3.63, 3.8) is 0 Å². The zero-order valence-electron chi connectivity index (χ0n) is 12.8. The fraction of sp³-hybridized carbons (Fsp3) is 0.933. The number of carbonyl (C=O) groups is 1. The molecule has 1 heterocycles. The maximum absolute atomic E-state index is 12.3. The molecule has 5 nitrogen and oxygen atoms in total. The Balaban J connectivity index is 1.78. The molecule has 0 aromatic carbocycles. The first-order chi connectivity index (χ1) is 9.72. The number of nitrogens with zero attached hydrogens (tertiary/aromatic N) is 1. The largest absolute Gasteiger partial charge is 0.382 e. The Labute approximate surface area is 122 Å². The van der Waals surface area contributed by atoms with Gasteiger partial charge in [0, 0.05) is 19.7 Å². The van der Waals surface area contributed by atoms with Crippen molar-refractivity contribution in [3.8, 4) is 0 Å². The molecule has 2 aliphatic rings. The van der Waals surface area contributed by atoms with E-state index in [1.165, 1.54) is 19.3 Å². The van der Waals surface area contributed by atoms with E-state index >= 15 is 0 Å². The maximum Gasteiger partial charge on any atom is 0.317 e. The van der Waals surface area contributed by atoms with Crippen molar-refractivity contribution in [2.24, 2.45) is 5.92 Å². The van der Waals surface area contributed by atoms with Crippen molar-refractivity contribution in [1.82, 2.24) is 10.2 Å². The predicted molar refractivity (Wildman–Crippen MR) is 77.8 cm³/mol. The normalized spacial score (nSPS) is 31.1. The number of hydrogen-bond acceptors (Lipinski definition) is 3. The second-order valence-corrected chi connectivity index (χ2v) is 5.98. The van der Waals surface area contributed by atoms with Crippen LogP contribution >= 0.6 is 0 Å². The van der Waals surface area contributed by atoms with Gasteiger partial charge in [-0.25, -0.2) is 4.79 Å². The summed E-state index contributed by atoms with van der Waals surface area (Å²) in [6.45, 7) is 4.70. The first kappa shape index (κ1) is 15.6. The van der Waals surface area contributed by atoms with Crippen molar-refractivity contribution in [2.75, 3.05) is 33.4 Å². The van der Waals surface area contributed by atoms with E-state index in [2.05, 4.69) is 12.2 Å². The van der Waals surface area contributed by atoms with E-state index in [-0.39, 0.29) is 12.1 Å². The van der Waals surface area contributed by atoms with E-state index in [0.717, 1.165) is 18.8 Å². The average Bonchev–Trinajstić information content (AvgIpc) is 2.48. The fourth-order valence-corrected chi connectivity index (χ4v) is 3.25. The lowest BCUT2D eigenvalue weighted by Crippen LogP contribution is -2.53. The number of ether oxygens (including phenoxy) is 2. The first-order valence-electron chi connectivity index (χ1n) is 7.89. The molecule has 2 amide bonds. The Morgan fingerprint density at radius 3 is 3.05 bits per heavy atom. The van der Waals surface area contributed by atoms with Crippen LogP contribution in [0.1, 0.15) is 39.0 Å². The highest BCUT2D eigenvalue weighted by molar-refractivity contribution is 5.74. The molecule has 0 spiro atoms. The van der Waals surface area contributed by atoms with Crippen molar-refractivity contribution in [3.05, 3.63) is 0 Å². The predicted octanol–water partition coefficient (Wildman–Crippen LogP) is 2.01. The standard InChI is InChI=1S/C15H28N2O3/c1-3-12-5-4-6-13(9-12)16-15(18)17-7-8-20-14(10-17)11-19-2/h12-14H,3-11H2,1-2H3,(H,16,18)/t12-,13-,14-/m1/s1. The summed E-state index contributed by atoms with van der Waals surface area (Å²) in [6.07, 6.45) is 6.03. The van der Waals surface area contributed by atoms with Crippen LogP contribution in [0.5, 0.6) is 0 Å². The summed E-state index contributed by atoms with van der Waals surface area (Å²) in [4.78, 5) is 14.2. The zero-order valence-corrected chi connectivity index (χ0v) is 12.8. The van der Waals surface area contributed by atoms with Crippen LogP contribution in [0.25, 0.3) is 0 Å². The van der Waals surface area contributed by atoms with Gasteiger partial charge in [-0.1, -0.05) is 26.2 Å². The molecule has 0 unspecified atom stereocenters. The summed E-state index contributed by atoms with van der Waals surface area (Å²) in [5.74, 6) is 0.778. The van der Waals surface area contributed by atoms with E-state index in [0.29, 0.717) is 32.3 Å². The molecule has 1 N–H and O–H groups in total. The molecule has 2 fully saturated rings. The maximum atomic E-state index is 12.3. The Hall–Kier alpha value is -0.810. The van der Waals surface area contributed by atoms with Crippen molar-refractivity contribution >= 4 is 6.03 Å². The van der Waals surface area contributed by atoms with Gasteiger partial charge in [-0.05, 0) is 18.8 Å². The average molecular weight is 284 g/mol. The molecular formula is C15H28N2O3. The fourth-order valence-electron chi connectivity index (χ4n) is 3.25. The molecule has 1 aliphatic heterocycles. The molecule has 1 saturated carbocycles. The third kappa shape index (κ3) is 4.35. The van der Waals surface area contributed by atoms with Crippen LogP contribution in [0.3, 0.4) is 0 Å². The monoisotopic (exact) mass is 284 g/mol. The Kier molecular flexibility index (Phi) is 6.10. The molecule has 116 valence electrons. The minimum atomic E-state index is 0.00856. The summed E-state index contributed by atoms with van der Waals surface area (Å²) >= 11 is 0. The summed E-state index contributed by atoms with van der Waals surface area (Å²) in [7, 11) is 1.66. The van der Waals surface area contributed by atoms with Gasteiger partial charge in [0.25, 0.3) is 0 Å². The van der Waals surface area contributed by atoms with E-state index in [9.17, 15) is 4.79 Å². The molecule has 0 aromatic heterocycles. The number of amides is 2. The molecule has 1 aliphatic carbocycles. The Bertz CT molecular complexity index is 309. The number of hydrogen-bond donors (Lipinski definition) is 1. The molecule has 20 heavy (non-hydrogen) atoms. The summed E-state index contributed by atoms with van der Waals surface area (Å²) in [5.41, 5.74) is 0. The third-order valence-electron chi connectivity index (χ3n) is 4.47. The van der Waals surface area contributed by atoms with Crippen LogP contribution in [0.15, 0.2) is 0 Å². The van der Waals surface area contributed by atoms with E-state index in [1.807, 2.05) is 4.90 Å². The van der Waals surface area contributed by atoms with Crippen LogP contribution in [-0.2, 0) is 9.47 Å². The summed E-state index contributed by atoms with van der Waals surface area (Å²) < 4.78 is 10.7. The molecule has 5 heteroatoms. The summed E-state index contributed by atoms with van der Waals surface area (Å²) in [5, 5.41) is 3.21. The molecule has 2 rings (SSSR count). The minimum Gasteiger partial charge on any atom is -0.382 e. The molecule has 0 radical (unpaired) electrons. The quantitative estimate of drug-likeness (QED) is 0.859. The molecule has 0 bridgehead atoms. The smallest absolute Gasteiger partial charge is 0.317 e. The topological polar surface area (TPSA) is 50.8 Å². The van der Waals surface area contributed by atoms with Crippen LogP contribution in [0.2, 0.25) is 0 Å². The van der Waals surface area contributed by atoms with Crippen molar-refractivity contribution < 1.29 is 14.3 Å². The van der Waals surface area contributed by atoms with Crippen LogP contribution < -0.4 is 5.32 Å². The van der Waals surface area contributed by atoms with Crippen molar-refractivity contribution in [1.29, 1.82) is 0 Å². The lowest BCUT2D eigenvalue weighted by Gasteiger charge is -2.35. The minimum absolute atomic E-state index is 0.00856. The lowest BCUT2D eigenvalue weighted by atomic mass is 9.84. The number of methoxy groups -OCH3 is 1. The Morgan fingerprint density at radius 2 is 2.30 bits per heavy atom. The second kappa shape index (κ2) is 7.84. The number of morpholine rings is 1. The Morgan fingerprint density at radius 1 is 1.45 bits per heavy atom. The molecule has 1 saturated heterocycles. The number of nitrogens with one attached hydrogen (secondary N) is 1. The van der Waals surface area contributed by atoms with Gasteiger partial charge in [0.2, 0.25) is 0 Å². The SMILES string of the molecule is CC[C@@H]1CCC[C@@H](NC(=O)N2CCO[C@@H](COC)C2)C1. The highest BCUT2D eigenvalue weighted by Crippen LogP contribution is 2.26. The van der Waals surface area contributed by atoms with Gasteiger partial charge in [-0.2, -0.15) is 0 Å².